The first-order chi connectivity index (χ1) is 16.7. The van der Waals surface area contributed by atoms with Crippen molar-refractivity contribution in [3.8, 4) is 11.1 Å². The molecule has 34 heavy (non-hydrogen) atoms. The van der Waals surface area contributed by atoms with Gasteiger partial charge in [-0.2, -0.15) is 0 Å². The van der Waals surface area contributed by atoms with Crippen LogP contribution >= 0.6 is 11.8 Å². The molecule has 7 nitrogen and oxygen atoms in total. The van der Waals surface area contributed by atoms with Crippen molar-refractivity contribution in [2.24, 2.45) is 5.92 Å². The molecule has 8 heteroatoms. The number of carbonyl (C=O) groups is 2. The highest BCUT2D eigenvalue weighted by atomic mass is 32.2. The van der Waals surface area contributed by atoms with E-state index in [4.69, 9.17) is 0 Å². The number of piperidine rings is 2. The van der Waals surface area contributed by atoms with Gasteiger partial charge in [0.05, 0.1) is 16.3 Å². The number of benzene rings is 2. The predicted octanol–water partition coefficient (Wildman–Crippen LogP) is 3.01. The van der Waals surface area contributed by atoms with Crippen LogP contribution in [0.15, 0.2) is 65.2 Å². The number of carbonyl (C=O) groups excluding carboxylic acids is 2. The predicted molar refractivity (Wildman–Crippen MR) is 135 cm³/mol. The summed E-state index contributed by atoms with van der Waals surface area (Å²) < 4.78 is 0. The Kier molecular flexibility index (Phi) is 5.80. The van der Waals surface area contributed by atoms with Crippen molar-refractivity contribution in [1.82, 2.24) is 21.3 Å². The summed E-state index contributed by atoms with van der Waals surface area (Å²) in [5.41, 5.74) is 3.95. The van der Waals surface area contributed by atoms with Crippen LogP contribution in [0.2, 0.25) is 0 Å². The van der Waals surface area contributed by atoms with E-state index in [0.717, 1.165) is 61.4 Å². The van der Waals surface area contributed by atoms with Crippen molar-refractivity contribution in [3.05, 3.63) is 65.2 Å². The molecule has 3 unspecified atom stereocenters. The average Bonchev–Trinajstić information content (AvgIpc) is 3.25. The van der Waals surface area contributed by atoms with Crippen LogP contribution in [-0.4, -0.2) is 49.0 Å². The van der Waals surface area contributed by atoms with Gasteiger partial charge in [-0.15, -0.1) is 0 Å². The number of nitrogens with zero attached hydrogens (tertiary/aromatic N) is 1. The Hall–Kier alpha value is -2.81. The van der Waals surface area contributed by atoms with Crippen molar-refractivity contribution in [2.45, 2.75) is 36.7 Å². The molecule has 0 spiro atoms. The minimum absolute atomic E-state index is 0.0201. The van der Waals surface area contributed by atoms with E-state index in [9.17, 15) is 9.59 Å². The second kappa shape index (κ2) is 9.09. The molecule has 4 atom stereocenters. The Balaban J connectivity index is 1.26. The fourth-order valence-corrected chi connectivity index (χ4v) is 6.99. The summed E-state index contributed by atoms with van der Waals surface area (Å²) >= 11 is 1.56. The summed E-state index contributed by atoms with van der Waals surface area (Å²) in [7, 11) is 0. The number of nitrogens with one attached hydrogen (secondary N) is 4. The molecule has 0 saturated carbocycles. The molecule has 4 heterocycles. The van der Waals surface area contributed by atoms with E-state index in [1.165, 1.54) is 0 Å². The smallest absolute Gasteiger partial charge is 0.326 e. The molecular formula is C26H29N5O2S. The number of hydrogen-bond donors (Lipinski definition) is 4. The molecular weight excluding hydrogens is 446 g/mol. The van der Waals surface area contributed by atoms with E-state index in [-0.39, 0.29) is 35.3 Å². The summed E-state index contributed by atoms with van der Waals surface area (Å²) in [5.74, 6) is 0.0000877. The van der Waals surface area contributed by atoms with E-state index >= 15 is 0 Å². The van der Waals surface area contributed by atoms with Crippen LogP contribution < -0.4 is 26.2 Å². The molecule has 6 rings (SSSR count). The molecule has 3 amide bonds. The minimum atomic E-state index is -0.156. The lowest BCUT2D eigenvalue weighted by atomic mass is 9.86. The molecule has 176 valence electrons. The zero-order valence-electron chi connectivity index (χ0n) is 18.9. The Morgan fingerprint density at radius 2 is 1.79 bits per heavy atom. The maximum Gasteiger partial charge on any atom is 0.326 e. The van der Waals surface area contributed by atoms with Crippen LogP contribution in [0, 0.1) is 5.92 Å². The monoisotopic (exact) mass is 475 g/mol. The number of thioether (sulfide) groups is 1. The molecule has 4 aliphatic heterocycles. The third-order valence-electron chi connectivity index (χ3n) is 7.23. The van der Waals surface area contributed by atoms with Crippen LogP contribution in [0.3, 0.4) is 0 Å². The maximum absolute atomic E-state index is 13.4. The number of rotatable bonds is 4. The molecule has 0 aliphatic carbocycles. The first-order valence-electron chi connectivity index (χ1n) is 12.1. The highest BCUT2D eigenvalue weighted by Gasteiger charge is 2.51. The molecule has 3 fully saturated rings. The van der Waals surface area contributed by atoms with Gasteiger partial charge >= 0.3 is 6.03 Å². The van der Waals surface area contributed by atoms with Gasteiger partial charge in [-0.25, -0.2) is 4.79 Å². The van der Waals surface area contributed by atoms with Gasteiger partial charge in [0.25, 0.3) is 5.91 Å². The van der Waals surface area contributed by atoms with Crippen LogP contribution in [0.5, 0.6) is 0 Å². The molecule has 2 aromatic carbocycles. The molecule has 2 aromatic rings. The first kappa shape index (κ1) is 21.7. The summed E-state index contributed by atoms with van der Waals surface area (Å²) in [6.45, 7) is 2.62. The third kappa shape index (κ3) is 3.89. The van der Waals surface area contributed by atoms with Gasteiger partial charge in [0.15, 0.2) is 0 Å². The second-order valence-electron chi connectivity index (χ2n) is 9.35. The Morgan fingerprint density at radius 1 is 1.00 bits per heavy atom. The fraction of sp³-hybridized carbons (Fsp3) is 0.385. The highest BCUT2D eigenvalue weighted by molar-refractivity contribution is 8.04. The number of hydrogen-bond acceptors (Lipinski definition) is 5. The normalized spacial score (nSPS) is 28.4. The van der Waals surface area contributed by atoms with E-state index in [1.807, 2.05) is 35.2 Å². The molecule has 4 aliphatic rings. The van der Waals surface area contributed by atoms with Gasteiger partial charge in [0, 0.05) is 29.9 Å². The van der Waals surface area contributed by atoms with E-state index in [1.54, 1.807) is 11.8 Å². The average molecular weight is 476 g/mol. The van der Waals surface area contributed by atoms with Gasteiger partial charge < -0.3 is 21.3 Å². The molecule has 4 N–H and O–H groups in total. The topological polar surface area (TPSA) is 85.5 Å². The van der Waals surface area contributed by atoms with Crippen molar-refractivity contribution in [2.75, 3.05) is 24.5 Å². The minimum Gasteiger partial charge on any atom is -0.348 e. The Bertz CT molecular complexity index is 1110. The van der Waals surface area contributed by atoms with Gasteiger partial charge in [-0.05, 0) is 55.6 Å². The first-order valence-corrected chi connectivity index (χ1v) is 13.0. The summed E-state index contributed by atoms with van der Waals surface area (Å²) in [4.78, 5) is 29.1. The lowest BCUT2D eigenvalue weighted by Crippen LogP contribution is -2.62. The maximum atomic E-state index is 13.4. The van der Waals surface area contributed by atoms with E-state index in [2.05, 4.69) is 45.5 Å². The van der Waals surface area contributed by atoms with E-state index in [0.29, 0.717) is 4.91 Å². The largest absolute Gasteiger partial charge is 0.348 e. The van der Waals surface area contributed by atoms with E-state index < -0.39 is 0 Å². The van der Waals surface area contributed by atoms with Crippen molar-refractivity contribution in [3.63, 3.8) is 0 Å². The third-order valence-corrected chi connectivity index (χ3v) is 8.59. The molecule has 0 radical (unpaired) electrons. The highest BCUT2D eigenvalue weighted by Crippen LogP contribution is 2.48. The number of amides is 3. The Labute approximate surface area is 203 Å². The summed E-state index contributed by atoms with van der Waals surface area (Å²) in [5, 5.41) is 13.3. The molecule has 0 bridgehead atoms. The zero-order chi connectivity index (χ0) is 23.1. The van der Waals surface area contributed by atoms with Crippen LogP contribution in [0.25, 0.3) is 11.1 Å². The van der Waals surface area contributed by atoms with Gasteiger partial charge in [0.2, 0.25) is 0 Å². The van der Waals surface area contributed by atoms with Gasteiger partial charge in [0.1, 0.15) is 0 Å². The summed E-state index contributed by atoms with van der Waals surface area (Å²) in [6, 6.07) is 18.4. The van der Waals surface area contributed by atoms with Crippen molar-refractivity contribution < 1.29 is 9.59 Å². The standard InChI is InChI=1S/C26H29N5O2S/c32-24(29-18-7-4-13-27-15-18)23-22-21-20(12-14-28-25(21)34-23)31(26(33)30-22)19-10-8-17(9-11-19)16-5-2-1-3-6-16/h1-3,5-6,8-11,18,20-21,25,27-28H,4,7,12-15H2,(H,29,32)(H,30,33)/t18-,20?,21?,25?/m1/s1. The zero-order valence-corrected chi connectivity index (χ0v) is 19.7. The van der Waals surface area contributed by atoms with Crippen molar-refractivity contribution >= 4 is 29.4 Å². The quantitative estimate of drug-likeness (QED) is 0.546. The van der Waals surface area contributed by atoms with Crippen LogP contribution in [0.4, 0.5) is 10.5 Å². The van der Waals surface area contributed by atoms with Crippen molar-refractivity contribution in [1.29, 1.82) is 0 Å². The molecule has 3 saturated heterocycles. The summed E-state index contributed by atoms with van der Waals surface area (Å²) in [6.07, 6.45) is 2.90. The fourth-order valence-electron chi connectivity index (χ4n) is 5.59. The SMILES string of the molecule is O=C(N[C@@H]1CCCNC1)C1=C2NC(=O)N(c3ccc(-c4ccccc4)cc3)C3CCNC(S1)C23. The second-order valence-corrected chi connectivity index (χ2v) is 10.5. The van der Waals surface area contributed by atoms with Crippen LogP contribution in [-0.2, 0) is 4.79 Å². The van der Waals surface area contributed by atoms with Gasteiger partial charge in [-0.1, -0.05) is 54.2 Å². The number of anilines is 1. The lowest BCUT2D eigenvalue weighted by Gasteiger charge is -2.45. The van der Waals surface area contributed by atoms with Crippen LogP contribution in [0.1, 0.15) is 19.3 Å². The molecule has 0 aromatic heterocycles. The lowest BCUT2D eigenvalue weighted by molar-refractivity contribution is -0.117. The Morgan fingerprint density at radius 3 is 2.56 bits per heavy atom. The number of urea groups is 1. The van der Waals surface area contributed by atoms with Gasteiger partial charge in [-0.3, -0.25) is 9.69 Å².